The van der Waals surface area contributed by atoms with Gasteiger partial charge in [0.15, 0.2) is 0 Å². The zero-order valence-corrected chi connectivity index (χ0v) is 13.0. The summed E-state index contributed by atoms with van der Waals surface area (Å²) in [5, 5.41) is 3.14. The molecule has 0 fully saturated rings. The van der Waals surface area contributed by atoms with E-state index >= 15 is 0 Å². The second-order valence-electron chi connectivity index (χ2n) is 4.54. The van der Waals surface area contributed by atoms with Crippen molar-refractivity contribution in [3.8, 4) is 0 Å². The molecule has 3 N–H and O–H groups in total. The van der Waals surface area contributed by atoms with Gasteiger partial charge in [0.05, 0.1) is 22.2 Å². The third-order valence-electron chi connectivity index (χ3n) is 2.89. The number of nitrogens with one attached hydrogen (secondary N) is 1. The van der Waals surface area contributed by atoms with Gasteiger partial charge in [0.25, 0.3) is 0 Å². The lowest BCUT2D eigenvalue weighted by Crippen LogP contribution is -2.20. The highest BCUT2D eigenvalue weighted by Gasteiger charge is 2.13. The van der Waals surface area contributed by atoms with Crippen LogP contribution >= 0.6 is 11.6 Å². The van der Waals surface area contributed by atoms with E-state index < -0.39 is 10.8 Å². The van der Waals surface area contributed by atoms with Gasteiger partial charge in [0.2, 0.25) is 5.91 Å². The first kappa shape index (κ1) is 15.5. The minimum absolute atomic E-state index is 0.118. The fourth-order valence-corrected chi connectivity index (χ4v) is 3.15. The van der Waals surface area contributed by atoms with Crippen LogP contribution in [0, 0.1) is 6.92 Å². The first-order valence-electron chi connectivity index (χ1n) is 6.26. The molecule has 0 aliphatic heterocycles. The second-order valence-corrected chi connectivity index (χ2v) is 6.39. The van der Waals surface area contributed by atoms with Gasteiger partial charge in [-0.3, -0.25) is 9.00 Å². The molecule has 2 aromatic rings. The summed E-state index contributed by atoms with van der Waals surface area (Å²) in [7, 11) is -1.39. The number of carbonyl (C=O) groups excluding carboxylic acids is 1. The minimum atomic E-state index is -1.39. The molecule has 0 bridgehead atoms. The van der Waals surface area contributed by atoms with Gasteiger partial charge in [-0.1, -0.05) is 29.8 Å². The summed E-state index contributed by atoms with van der Waals surface area (Å²) in [6.45, 7) is 1.86. The van der Waals surface area contributed by atoms with E-state index in [1.54, 1.807) is 30.3 Å². The number of nitrogen functional groups attached to an aromatic ring is 1. The van der Waals surface area contributed by atoms with E-state index in [2.05, 4.69) is 5.32 Å². The average molecular weight is 323 g/mol. The molecule has 0 radical (unpaired) electrons. The quantitative estimate of drug-likeness (QED) is 0.850. The molecule has 0 aliphatic rings. The number of anilines is 2. The number of halogens is 1. The Morgan fingerprint density at radius 2 is 2.00 bits per heavy atom. The maximum atomic E-state index is 12.2. The van der Waals surface area contributed by atoms with Gasteiger partial charge in [0, 0.05) is 9.92 Å². The van der Waals surface area contributed by atoms with E-state index in [-0.39, 0.29) is 11.7 Å². The molecule has 0 aliphatic carbocycles. The van der Waals surface area contributed by atoms with Crippen LogP contribution in [0.2, 0.25) is 5.02 Å². The molecule has 4 nitrogen and oxygen atoms in total. The Hall–Kier alpha value is -1.85. The van der Waals surface area contributed by atoms with Crippen molar-refractivity contribution in [2.45, 2.75) is 11.8 Å². The molecule has 6 heteroatoms. The van der Waals surface area contributed by atoms with Crippen molar-refractivity contribution in [2.75, 3.05) is 16.8 Å². The van der Waals surface area contributed by atoms with Crippen LogP contribution in [0.3, 0.4) is 0 Å². The Kier molecular flexibility index (Phi) is 4.98. The van der Waals surface area contributed by atoms with Crippen molar-refractivity contribution in [3.63, 3.8) is 0 Å². The molecule has 2 aromatic carbocycles. The van der Waals surface area contributed by atoms with E-state index in [9.17, 15) is 9.00 Å². The van der Waals surface area contributed by atoms with Gasteiger partial charge < -0.3 is 11.1 Å². The normalized spacial score (nSPS) is 11.9. The van der Waals surface area contributed by atoms with Gasteiger partial charge in [-0.2, -0.15) is 0 Å². The van der Waals surface area contributed by atoms with Crippen LogP contribution in [0.4, 0.5) is 11.4 Å². The Labute approximate surface area is 130 Å². The zero-order chi connectivity index (χ0) is 15.4. The number of nitrogens with two attached hydrogens (primary N) is 1. The predicted molar refractivity (Wildman–Crippen MR) is 86.9 cm³/mol. The van der Waals surface area contributed by atoms with Crippen LogP contribution in [0.1, 0.15) is 5.56 Å². The summed E-state index contributed by atoms with van der Waals surface area (Å²) in [5.41, 5.74) is 7.50. The van der Waals surface area contributed by atoms with Crippen molar-refractivity contribution in [2.24, 2.45) is 0 Å². The van der Waals surface area contributed by atoms with Gasteiger partial charge >= 0.3 is 0 Å². The zero-order valence-electron chi connectivity index (χ0n) is 11.4. The lowest BCUT2D eigenvalue weighted by atomic mass is 10.2. The highest BCUT2D eigenvalue weighted by atomic mass is 35.5. The molecule has 1 unspecified atom stereocenters. The number of benzene rings is 2. The van der Waals surface area contributed by atoms with Crippen LogP contribution in [0.15, 0.2) is 47.4 Å². The summed E-state index contributed by atoms with van der Waals surface area (Å²) in [5.74, 6) is -0.474. The third-order valence-corrected chi connectivity index (χ3v) is 4.60. The molecular weight excluding hydrogens is 308 g/mol. The smallest absolute Gasteiger partial charge is 0.237 e. The fourth-order valence-electron chi connectivity index (χ4n) is 1.84. The third kappa shape index (κ3) is 4.06. The van der Waals surface area contributed by atoms with Crippen molar-refractivity contribution in [1.82, 2.24) is 0 Å². The number of rotatable bonds is 4. The average Bonchev–Trinajstić information content (AvgIpc) is 2.42. The van der Waals surface area contributed by atoms with Crippen molar-refractivity contribution in [3.05, 3.63) is 53.1 Å². The SMILES string of the molecule is Cc1ccccc1S(=O)CC(=O)Nc1ccc(Cl)cc1N. The first-order chi connectivity index (χ1) is 9.97. The monoisotopic (exact) mass is 322 g/mol. The van der Waals surface area contributed by atoms with Crippen LogP contribution in [0.25, 0.3) is 0 Å². The summed E-state index contributed by atoms with van der Waals surface area (Å²) in [6, 6.07) is 12.1. The van der Waals surface area contributed by atoms with E-state index in [4.69, 9.17) is 17.3 Å². The molecule has 0 saturated heterocycles. The largest absolute Gasteiger partial charge is 0.397 e. The van der Waals surface area contributed by atoms with Gasteiger partial charge in [-0.05, 0) is 36.8 Å². The molecule has 21 heavy (non-hydrogen) atoms. The van der Waals surface area contributed by atoms with Crippen LogP contribution in [0.5, 0.6) is 0 Å². The molecule has 0 aromatic heterocycles. The van der Waals surface area contributed by atoms with E-state index in [0.717, 1.165) is 5.56 Å². The maximum Gasteiger partial charge on any atom is 0.237 e. The molecule has 1 amide bonds. The topological polar surface area (TPSA) is 72.2 Å². The maximum absolute atomic E-state index is 12.2. The summed E-state index contributed by atoms with van der Waals surface area (Å²) < 4.78 is 12.2. The molecule has 0 spiro atoms. The van der Waals surface area contributed by atoms with Gasteiger partial charge in [-0.25, -0.2) is 0 Å². The summed E-state index contributed by atoms with van der Waals surface area (Å²) in [4.78, 5) is 12.6. The van der Waals surface area contributed by atoms with E-state index in [1.807, 2.05) is 19.1 Å². The molecule has 2 rings (SSSR count). The fraction of sp³-hybridized carbons (Fsp3) is 0.133. The van der Waals surface area contributed by atoms with Crippen LogP contribution in [-0.4, -0.2) is 15.9 Å². The Bertz CT molecular complexity index is 704. The Morgan fingerprint density at radius 3 is 2.67 bits per heavy atom. The second kappa shape index (κ2) is 6.74. The molecule has 0 saturated carbocycles. The van der Waals surface area contributed by atoms with Crippen molar-refractivity contribution >= 4 is 39.7 Å². The Balaban J connectivity index is 2.05. The lowest BCUT2D eigenvalue weighted by Gasteiger charge is -2.09. The number of hydrogen-bond acceptors (Lipinski definition) is 3. The standard InChI is InChI=1S/C15H15ClN2O2S/c1-10-4-2-3-5-14(10)21(20)9-15(19)18-13-7-6-11(16)8-12(13)17/h2-8H,9,17H2,1H3,(H,18,19). The minimum Gasteiger partial charge on any atom is -0.397 e. The molecular formula is C15H15ClN2O2S. The lowest BCUT2D eigenvalue weighted by molar-refractivity contribution is -0.113. The molecule has 1 atom stereocenters. The first-order valence-corrected chi connectivity index (χ1v) is 7.96. The Morgan fingerprint density at radius 1 is 1.29 bits per heavy atom. The van der Waals surface area contributed by atoms with Crippen molar-refractivity contribution < 1.29 is 9.00 Å². The molecule has 0 heterocycles. The summed E-state index contributed by atoms with van der Waals surface area (Å²) >= 11 is 5.79. The number of hydrogen-bond donors (Lipinski definition) is 2. The van der Waals surface area contributed by atoms with Crippen molar-refractivity contribution in [1.29, 1.82) is 0 Å². The van der Waals surface area contributed by atoms with E-state index in [0.29, 0.717) is 21.3 Å². The number of amides is 1. The number of aryl methyl sites for hydroxylation is 1. The number of carbonyl (C=O) groups is 1. The predicted octanol–water partition coefficient (Wildman–Crippen LogP) is 2.98. The highest BCUT2D eigenvalue weighted by Crippen LogP contribution is 2.22. The van der Waals surface area contributed by atoms with E-state index in [1.165, 1.54) is 0 Å². The van der Waals surface area contributed by atoms with Crippen LogP contribution in [-0.2, 0) is 15.6 Å². The molecule has 110 valence electrons. The summed E-state index contributed by atoms with van der Waals surface area (Å²) in [6.07, 6.45) is 0. The van der Waals surface area contributed by atoms with Crippen LogP contribution < -0.4 is 11.1 Å². The van der Waals surface area contributed by atoms with Gasteiger partial charge in [-0.15, -0.1) is 0 Å². The van der Waals surface area contributed by atoms with Gasteiger partial charge in [0.1, 0.15) is 5.75 Å². The highest BCUT2D eigenvalue weighted by molar-refractivity contribution is 7.85.